The van der Waals surface area contributed by atoms with Crippen molar-refractivity contribution in [2.45, 2.75) is 70.6 Å². The number of Topliss-reactive ketones (excluding diaryl/α,β-unsaturated/α-hetero) is 1. The van der Waals surface area contributed by atoms with Crippen LogP contribution in [-0.2, 0) is 11.1 Å². The Morgan fingerprint density at radius 1 is 1.10 bits per heavy atom. The summed E-state index contributed by atoms with van der Waals surface area (Å²) in [6.07, 6.45) is 2.47. The van der Waals surface area contributed by atoms with Gasteiger partial charge in [-0.1, -0.05) is 0 Å². The lowest BCUT2D eigenvalue weighted by molar-refractivity contribution is 0.0396. The number of carbonyl (C=O) groups is 1. The number of hydrogen-bond acceptors (Lipinski definition) is 6. The van der Waals surface area contributed by atoms with Gasteiger partial charge in [-0.05, 0) is 107 Å². The summed E-state index contributed by atoms with van der Waals surface area (Å²) in [6.45, 7) is 7.18. The highest BCUT2D eigenvalue weighted by Gasteiger charge is 2.30. The van der Waals surface area contributed by atoms with Crippen molar-refractivity contribution in [2.75, 3.05) is 7.11 Å². The minimum atomic E-state index is -1.43. The molecule has 4 rings (SSSR count). The Balaban J connectivity index is 1.61. The van der Waals surface area contributed by atoms with E-state index in [9.17, 15) is 14.3 Å². The molecule has 1 fully saturated rings. The molecule has 1 atom stereocenters. The zero-order valence-electron chi connectivity index (χ0n) is 23.1. The smallest absolute Gasteiger partial charge is 0.163 e. The fraction of sp³-hybridized carbons (Fsp3) is 0.387. The van der Waals surface area contributed by atoms with E-state index >= 15 is 0 Å². The quantitative estimate of drug-likeness (QED) is 0.180. The predicted molar refractivity (Wildman–Crippen MR) is 150 cm³/mol. The summed E-state index contributed by atoms with van der Waals surface area (Å²) < 4.78 is 24.9. The summed E-state index contributed by atoms with van der Waals surface area (Å²) in [4.78, 5) is 22.4. The van der Waals surface area contributed by atoms with Crippen LogP contribution in [0.25, 0.3) is 11.3 Å². The highest BCUT2D eigenvalue weighted by molar-refractivity contribution is 5.96. The van der Waals surface area contributed by atoms with Crippen molar-refractivity contribution in [1.82, 2.24) is 4.98 Å². The summed E-state index contributed by atoms with van der Waals surface area (Å²) in [5, 5.41) is 11.5. The predicted octanol–water partition coefficient (Wildman–Crippen LogP) is 5.92. The van der Waals surface area contributed by atoms with E-state index in [2.05, 4.69) is 4.99 Å². The second-order valence-corrected chi connectivity index (χ2v) is 10.8. The van der Waals surface area contributed by atoms with Crippen molar-refractivity contribution < 1.29 is 23.8 Å². The van der Waals surface area contributed by atoms with E-state index in [0.717, 1.165) is 18.4 Å². The average Bonchev–Trinajstić information content (AvgIpc) is 3.71. The molecule has 1 saturated carbocycles. The number of nitrogens with two attached hydrogens (primary N) is 1. The van der Waals surface area contributed by atoms with E-state index in [1.807, 2.05) is 19.9 Å². The first-order chi connectivity index (χ1) is 18.4. The van der Waals surface area contributed by atoms with E-state index in [1.165, 1.54) is 12.1 Å². The van der Waals surface area contributed by atoms with Crippen molar-refractivity contribution in [2.24, 2.45) is 10.7 Å². The van der Waals surface area contributed by atoms with Gasteiger partial charge in [0.25, 0.3) is 0 Å². The third-order valence-corrected chi connectivity index (χ3v) is 6.82. The fourth-order valence-electron chi connectivity index (χ4n) is 4.37. The molecule has 0 saturated heterocycles. The maximum Gasteiger partial charge on any atom is 0.163 e. The molecule has 0 spiro atoms. The first kappa shape index (κ1) is 28.2. The lowest BCUT2D eigenvalue weighted by atomic mass is 9.87. The van der Waals surface area contributed by atoms with Crippen LogP contribution in [0, 0.1) is 5.82 Å². The van der Waals surface area contributed by atoms with Crippen LogP contribution in [0.3, 0.4) is 0 Å². The summed E-state index contributed by atoms with van der Waals surface area (Å²) in [6, 6.07) is 14.8. The Morgan fingerprint density at radius 2 is 1.79 bits per heavy atom. The van der Waals surface area contributed by atoms with E-state index < -0.39 is 11.1 Å². The topological polar surface area (TPSA) is 107 Å². The van der Waals surface area contributed by atoms with Gasteiger partial charge in [0.2, 0.25) is 0 Å². The van der Waals surface area contributed by atoms with Crippen molar-refractivity contribution in [3.8, 4) is 22.8 Å². The summed E-state index contributed by atoms with van der Waals surface area (Å²) >= 11 is 0. The molecule has 0 amide bonds. The molecule has 1 unspecified atom stereocenters. The van der Waals surface area contributed by atoms with E-state index in [1.54, 1.807) is 57.4 Å². The molecule has 0 bridgehead atoms. The van der Waals surface area contributed by atoms with Gasteiger partial charge >= 0.3 is 0 Å². The van der Waals surface area contributed by atoms with Gasteiger partial charge in [0.15, 0.2) is 17.3 Å². The number of ether oxygens (including phenoxy) is 2. The molecule has 8 heteroatoms. The number of carbonyl (C=O) groups excluding carboxylic acids is 1. The number of aliphatic imine (C=N–C) groups is 1. The SMILES string of the molecule is COc1cc(C(=O)CCC(C)(O)c2cc(C(C)(C)N=C(C)N)cc(-c3ccc(F)cc3)n2)ccc1OC1CC1. The van der Waals surface area contributed by atoms with Crippen LogP contribution in [0.1, 0.15) is 75.0 Å². The van der Waals surface area contributed by atoms with Crippen LogP contribution in [0.2, 0.25) is 0 Å². The normalized spacial score (nSPS) is 15.5. The van der Waals surface area contributed by atoms with E-state index in [0.29, 0.717) is 39.8 Å². The Labute approximate surface area is 228 Å². The number of pyridine rings is 1. The standard InChI is InChI=1S/C31H36FN3O4/c1-19(33)35-30(2,3)22-17-25(20-6-9-23(32)10-7-20)34-29(18-22)31(4,37)15-14-26(36)21-8-13-27(28(16-21)38-5)39-24-11-12-24/h6-10,13,16-18,24,37H,11-12,14-15H2,1-5H3,(H2,33,35). The Morgan fingerprint density at radius 3 is 2.41 bits per heavy atom. The van der Waals surface area contributed by atoms with Gasteiger partial charge in [0.1, 0.15) is 11.4 Å². The van der Waals surface area contributed by atoms with Crippen molar-refractivity contribution in [3.05, 3.63) is 77.2 Å². The van der Waals surface area contributed by atoms with Gasteiger partial charge in [-0.2, -0.15) is 0 Å². The number of methoxy groups -OCH3 is 1. The second kappa shape index (κ2) is 11.1. The minimum absolute atomic E-state index is 0.0836. The third kappa shape index (κ3) is 7.00. The van der Waals surface area contributed by atoms with Gasteiger partial charge in [-0.15, -0.1) is 0 Å². The second-order valence-electron chi connectivity index (χ2n) is 10.8. The average molecular weight is 534 g/mol. The molecule has 206 valence electrons. The first-order valence-electron chi connectivity index (χ1n) is 13.1. The van der Waals surface area contributed by atoms with Gasteiger partial charge in [-0.3, -0.25) is 9.79 Å². The Bertz CT molecular complexity index is 1380. The van der Waals surface area contributed by atoms with Crippen LogP contribution < -0.4 is 15.2 Å². The number of aromatic nitrogens is 1. The molecule has 39 heavy (non-hydrogen) atoms. The molecule has 1 aromatic heterocycles. The van der Waals surface area contributed by atoms with Crippen LogP contribution in [0.4, 0.5) is 4.39 Å². The largest absolute Gasteiger partial charge is 0.493 e. The Kier molecular flexibility index (Phi) is 8.07. The number of halogens is 1. The molecule has 0 aliphatic heterocycles. The van der Waals surface area contributed by atoms with Gasteiger partial charge in [0.05, 0.1) is 36.0 Å². The molecular weight excluding hydrogens is 497 g/mol. The summed E-state index contributed by atoms with van der Waals surface area (Å²) in [7, 11) is 1.54. The Hall–Kier alpha value is -3.78. The molecule has 1 heterocycles. The highest BCUT2D eigenvalue weighted by atomic mass is 19.1. The molecule has 7 nitrogen and oxygen atoms in total. The summed E-state index contributed by atoms with van der Waals surface area (Å²) in [5.74, 6) is 1.06. The number of rotatable bonds is 11. The monoisotopic (exact) mass is 533 g/mol. The number of nitrogens with zero attached hydrogens (tertiary/aromatic N) is 2. The zero-order valence-corrected chi connectivity index (χ0v) is 23.1. The maximum atomic E-state index is 13.6. The van der Waals surface area contributed by atoms with Gasteiger partial charge < -0.3 is 20.3 Å². The van der Waals surface area contributed by atoms with Crippen LogP contribution in [0.15, 0.2) is 59.6 Å². The first-order valence-corrected chi connectivity index (χ1v) is 13.1. The van der Waals surface area contributed by atoms with Crippen LogP contribution in [0.5, 0.6) is 11.5 Å². The molecule has 2 aromatic carbocycles. The zero-order chi connectivity index (χ0) is 28.4. The highest BCUT2D eigenvalue weighted by Crippen LogP contribution is 2.36. The summed E-state index contributed by atoms with van der Waals surface area (Å²) in [5.41, 5.74) is 6.64. The third-order valence-electron chi connectivity index (χ3n) is 6.82. The fourth-order valence-corrected chi connectivity index (χ4v) is 4.37. The molecule has 1 aliphatic carbocycles. The van der Waals surface area contributed by atoms with Crippen LogP contribution >= 0.6 is 0 Å². The number of amidine groups is 1. The molecular formula is C31H36FN3O4. The van der Waals surface area contributed by atoms with Crippen molar-refractivity contribution in [3.63, 3.8) is 0 Å². The molecule has 1 aliphatic rings. The van der Waals surface area contributed by atoms with E-state index in [-0.39, 0.29) is 30.5 Å². The molecule has 3 aromatic rings. The number of benzene rings is 2. The molecule has 3 N–H and O–H groups in total. The van der Waals surface area contributed by atoms with Crippen molar-refractivity contribution in [1.29, 1.82) is 0 Å². The van der Waals surface area contributed by atoms with Crippen LogP contribution in [-0.4, -0.2) is 34.9 Å². The number of ketones is 1. The van der Waals surface area contributed by atoms with Crippen molar-refractivity contribution >= 4 is 11.6 Å². The van der Waals surface area contributed by atoms with Gasteiger partial charge in [0, 0.05) is 17.5 Å². The number of hydrogen-bond donors (Lipinski definition) is 2. The minimum Gasteiger partial charge on any atom is -0.493 e. The van der Waals surface area contributed by atoms with Gasteiger partial charge in [-0.25, -0.2) is 9.37 Å². The number of aliphatic hydroxyl groups is 1. The lowest BCUT2D eigenvalue weighted by Crippen LogP contribution is -2.26. The lowest BCUT2D eigenvalue weighted by Gasteiger charge is -2.27. The van der Waals surface area contributed by atoms with E-state index in [4.69, 9.17) is 20.2 Å². The molecule has 0 radical (unpaired) electrons. The maximum absolute atomic E-state index is 13.6.